The molecule has 0 aliphatic carbocycles. The van der Waals surface area contributed by atoms with Gasteiger partial charge in [0.15, 0.2) is 0 Å². The largest absolute Gasteiger partial charge is 0.461 e. The van der Waals surface area contributed by atoms with Crippen molar-refractivity contribution in [3.05, 3.63) is 34.9 Å². The van der Waals surface area contributed by atoms with Gasteiger partial charge in [-0.3, -0.25) is 4.79 Å². The van der Waals surface area contributed by atoms with Crippen molar-refractivity contribution in [3.63, 3.8) is 0 Å². The van der Waals surface area contributed by atoms with E-state index in [0.29, 0.717) is 11.6 Å². The molecular weight excluding hydrogens is 238 g/mol. The van der Waals surface area contributed by atoms with Crippen LogP contribution < -0.4 is 5.32 Å². The summed E-state index contributed by atoms with van der Waals surface area (Å²) in [6, 6.07) is 7.38. The van der Waals surface area contributed by atoms with E-state index in [9.17, 15) is 4.79 Å². The second-order valence-electron chi connectivity index (χ2n) is 4.26. The van der Waals surface area contributed by atoms with Gasteiger partial charge in [0.2, 0.25) is 0 Å². The van der Waals surface area contributed by atoms with Crippen LogP contribution in [0, 0.1) is 5.92 Å². The molecule has 0 spiro atoms. The van der Waals surface area contributed by atoms with Crippen LogP contribution in [0.5, 0.6) is 0 Å². The number of hydrogen-bond acceptors (Lipinski definition) is 3. The average Bonchev–Trinajstić information content (AvgIpc) is 2.37. The highest BCUT2D eigenvalue weighted by Crippen LogP contribution is 2.16. The maximum Gasteiger partial charge on any atom is 0.309 e. The van der Waals surface area contributed by atoms with Gasteiger partial charge in [0.1, 0.15) is 6.61 Å². The molecule has 4 heteroatoms. The smallest absolute Gasteiger partial charge is 0.309 e. The zero-order chi connectivity index (χ0) is 12.1. The van der Waals surface area contributed by atoms with Crippen molar-refractivity contribution in [2.24, 2.45) is 5.92 Å². The first-order chi connectivity index (χ1) is 8.25. The van der Waals surface area contributed by atoms with E-state index >= 15 is 0 Å². The summed E-state index contributed by atoms with van der Waals surface area (Å²) >= 11 is 5.86. The maximum atomic E-state index is 11.8. The molecule has 1 N–H and O–H groups in total. The van der Waals surface area contributed by atoms with Crippen molar-refractivity contribution in [1.82, 2.24) is 5.32 Å². The molecule has 1 aliphatic rings. The Hall–Kier alpha value is -1.06. The topological polar surface area (TPSA) is 38.3 Å². The molecule has 1 saturated heterocycles. The molecule has 0 saturated carbocycles. The Kier molecular flexibility index (Phi) is 4.40. The Morgan fingerprint density at radius 3 is 2.88 bits per heavy atom. The first kappa shape index (κ1) is 12.4. The highest BCUT2D eigenvalue weighted by atomic mass is 35.5. The first-order valence-electron chi connectivity index (χ1n) is 5.87. The summed E-state index contributed by atoms with van der Waals surface area (Å²) in [7, 11) is 0. The summed E-state index contributed by atoms with van der Waals surface area (Å²) in [6.07, 6.45) is 1.74. The van der Waals surface area contributed by atoms with Crippen LogP contribution in [-0.4, -0.2) is 19.1 Å². The summed E-state index contributed by atoms with van der Waals surface area (Å²) in [5.41, 5.74) is 0.930. The molecule has 0 unspecified atom stereocenters. The molecule has 1 heterocycles. The third-order valence-electron chi connectivity index (χ3n) is 2.94. The predicted octanol–water partition coefficient (Wildman–Crippen LogP) is 2.38. The second kappa shape index (κ2) is 6.03. The van der Waals surface area contributed by atoms with Gasteiger partial charge in [0.25, 0.3) is 0 Å². The average molecular weight is 254 g/mol. The number of ether oxygens (including phenoxy) is 1. The number of esters is 1. The van der Waals surface area contributed by atoms with E-state index in [0.717, 1.165) is 31.5 Å². The minimum absolute atomic E-state index is 0.0513. The number of hydrogen-bond donors (Lipinski definition) is 1. The Balaban J connectivity index is 1.83. The summed E-state index contributed by atoms with van der Waals surface area (Å²) in [5, 5.41) is 3.89. The first-order valence-corrected chi connectivity index (χ1v) is 6.25. The van der Waals surface area contributed by atoms with E-state index in [2.05, 4.69) is 5.32 Å². The number of rotatable bonds is 3. The van der Waals surface area contributed by atoms with Gasteiger partial charge in [-0.2, -0.15) is 0 Å². The van der Waals surface area contributed by atoms with Crippen LogP contribution in [0.2, 0.25) is 5.02 Å². The van der Waals surface area contributed by atoms with Crippen LogP contribution in [0.15, 0.2) is 24.3 Å². The lowest BCUT2D eigenvalue weighted by atomic mass is 9.98. The molecule has 0 amide bonds. The molecule has 92 valence electrons. The van der Waals surface area contributed by atoms with Gasteiger partial charge in [0, 0.05) is 5.02 Å². The van der Waals surface area contributed by atoms with Crippen LogP contribution in [-0.2, 0) is 16.1 Å². The standard InChI is InChI=1S/C13H16ClNO2/c14-12-3-1-2-10(8-12)9-17-13(16)11-4-6-15-7-5-11/h1-3,8,11,15H,4-7,9H2. The van der Waals surface area contributed by atoms with Gasteiger partial charge in [-0.25, -0.2) is 0 Å². The van der Waals surface area contributed by atoms with E-state index in [1.807, 2.05) is 18.2 Å². The number of carbonyl (C=O) groups excluding carboxylic acids is 1. The van der Waals surface area contributed by atoms with Crippen molar-refractivity contribution in [2.75, 3.05) is 13.1 Å². The van der Waals surface area contributed by atoms with Gasteiger partial charge in [-0.1, -0.05) is 23.7 Å². The Bertz CT molecular complexity index is 389. The zero-order valence-corrected chi connectivity index (χ0v) is 10.4. The second-order valence-corrected chi connectivity index (χ2v) is 4.70. The minimum Gasteiger partial charge on any atom is -0.461 e. The quantitative estimate of drug-likeness (QED) is 0.841. The molecule has 2 rings (SSSR count). The van der Waals surface area contributed by atoms with Crippen molar-refractivity contribution in [2.45, 2.75) is 19.4 Å². The fourth-order valence-corrected chi connectivity index (χ4v) is 2.17. The van der Waals surface area contributed by atoms with Crippen LogP contribution >= 0.6 is 11.6 Å². The molecule has 3 nitrogen and oxygen atoms in total. The Labute approximate surface area is 106 Å². The van der Waals surface area contributed by atoms with E-state index in [-0.39, 0.29) is 11.9 Å². The molecule has 0 atom stereocenters. The van der Waals surface area contributed by atoms with Crippen molar-refractivity contribution >= 4 is 17.6 Å². The summed E-state index contributed by atoms with van der Waals surface area (Å²) in [5.74, 6) is -0.0399. The fraction of sp³-hybridized carbons (Fsp3) is 0.462. The summed E-state index contributed by atoms with van der Waals surface area (Å²) < 4.78 is 5.30. The highest BCUT2D eigenvalue weighted by Gasteiger charge is 2.22. The van der Waals surface area contributed by atoms with Gasteiger partial charge in [0.05, 0.1) is 5.92 Å². The summed E-state index contributed by atoms with van der Waals surface area (Å²) in [6.45, 7) is 2.11. The molecule has 17 heavy (non-hydrogen) atoms. The van der Waals surface area contributed by atoms with Crippen LogP contribution in [0.1, 0.15) is 18.4 Å². The van der Waals surface area contributed by atoms with Gasteiger partial charge >= 0.3 is 5.97 Å². The van der Waals surface area contributed by atoms with E-state index in [1.54, 1.807) is 6.07 Å². The lowest BCUT2D eigenvalue weighted by Crippen LogP contribution is -2.32. The molecule has 0 bridgehead atoms. The molecular formula is C13H16ClNO2. The van der Waals surface area contributed by atoms with E-state index in [1.165, 1.54) is 0 Å². The molecule has 1 aromatic rings. The third kappa shape index (κ3) is 3.72. The number of halogens is 1. The SMILES string of the molecule is O=C(OCc1cccc(Cl)c1)C1CCNCC1. The van der Waals surface area contributed by atoms with Crippen LogP contribution in [0.3, 0.4) is 0 Å². The lowest BCUT2D eigenvalue weighted by molar-refractivity contribution is -0.150. The van der Waals surface area contributed by atoms with Gasteiger partial charge < -0.3 is 10.1 Å². The number of nitrogens with one attached hydrogen (secondary N) is 1. The summed E-state index contributed by atoms with van der Waals surface area (Å²) in [4.78, 5) is 11.8. The molecule has 1 aromatic carbocycles. The number of benzene rings is 1. The predicted molar refractivity (Wildman–Crippen MR) is 66.8 cm³/mol. The monoisotopic (exact) mass is 253 g/mol. The van der Waals surface area contributed by atoms with Crippen LogP contribution in [0.4, 0.5) is 0 Å². The zero-order valence-electron chi connectivity index (χ0n) is 9.62. The highest BCUT2D eigenvalue weighted by molar-refractivity contribution is 6.30. The van der Waals surface area contributed by atoms with Gasteiger partial charge in [-0.05, 0) is 43.6 Å². The molecule has 1 aliphatic heterocycles. The molecule has 1 fully saturated rings. The third-order valence-corrected chi connectivity index (χ3v) is 3.18. The fourth-order valence-electron chi connectivity index (χ4n) is 1.96. The van der Waals surface area contributed by atoms with E-state index in [4.69, 9.17) is 16.3 Å². The number of piperidine rings is 1. The number of carbonyl (C=O) groups is 1. The van der Waals surface area contributed by atoms with Crippen LogP contribution in [0.25, 0.3) is 0 Å². The molecule has 0 aromatic heterocycles. The minimum atomic E-state index is -0.0912. The lowest BCUT2D eigenvalue weighted by Gasteiger charge is -2.20. The van der Waals surface area contributed by atoms with Gasteiger partial charge in [-0.15, -0.1) is 0 Å². The van der Waals surface area contributed by atoms with Crippen molar-refractivity contribution in [1.29, 1.82) is 0 Å². The van der Waals surface area contributed by atoms with E-state index < -0.39 is 0 Å². The normalized spacial score (nSPS) is 16.8. The molecule has 0 radical (unpaired) electrons. The Morgan fingerprint density at radius 2 is 2.18 bits per heavy atom. The van der Waals surface area contributed by atoms with Crippen molar-refractivity contribution in [3.8, 4) is 0 Å². The maximum absolute atomic E-state index is 11.8. The van der Waals surface area contributed by atoms with Crippen molar-refractivity contribution < 1.29 is 9.53 Å². The Morgan fingerprint density at radius 1 is 1.41 bits per heavy atom.